The topological polar surface area (TPSA) is 72.2 Å². The van der Waals surface area contributed by atoms with E-state index >= 15 is 0 Å². The van der Waals surface area contributed by atoms with Gasteiger partial charge in [-0.05, 0) is 30.3 Å². The highest BCUT2D eigenvalue weighted by Crippen LogP contribution is 2.27. The molecule has 0 aliphatic carbocycles. The van der Waals surface area contributed by atoms with Crippen molar-refractivity contribution in [1.82, 2.24) is 8.96 Å². The summed E-state index contributed by atoms with van der Waals surface area (Å²) in [5.74, 6) is -1.70. The van der Waals surface area contributed by atoms with Crippen LogP contribution in [0.2, 0.25) is 0 Å². The van der Waals surface area contributed by atoms with E-state index in [0.29, 0.717) is 4.90 Å². The average Bonchev–Trinajstić information content (AvgIpc) is 3.01. The maximum absolute atomic E-state index is 14.1. The Hall–Kier alpha value is -2.80. The van der Waals surface area contributed by atoms with Gasteiger partial charge < -0.3 is 5.11 Å². The molecule has 23 heavy (non-hydrogen) atoms. The van der Waals surface area contributed by atoms with Crippen LogP contribution in [0.4, 0.5) is 4.39 Å². The molecule has 2 aromatic heterocycles. The van der Waals surface area contributed by atoms with Crippen LogP contribution in [0.15, 0.2) is 66.0 Å². The van der Waals surface area contributed by atoms with Crippen molar-refractivity contribution in [3.63, 3.8) is 0 Å². The second kappa shape index (κ2) is 6.13. The molecule has 0 fully saturated rings. The summed E-state index contributed by atoms with van der Waals surface area (Å²) in [4.78, 5) is 15.5. The van der Waals surface area contributed by atoms with Crippen LogP contribution < -0.4 is 0 Å². The largest absolute Gasteiger partial charge is 0.478 e. The molecule has 2 heterocycles. The minimum Gasteiger partial charge on any atom is -0.478 e. The van der Waals surface area contributed by atoms with Gasteiger partial charge in [0, 0.05) is 24.2 Å². The third-order valence-electron chi connectivity index (χ3n) is 3.20. The molecule has 0 saturated heterocycles. The van der Waals surface area contributed by atoms with Crippen LogP contribution in [0.1, 0.15) is 10.4 Å². The molecule has 7 heteroatoms. The Morgan fingerprint density at radius 1 is 1.22 bits per heavy atom. The quantitative estimate of drug-likeness (QED) is 0.798. The minimum atomic E-state index is -1.74. The van der Waals surface area contributed by atoms with Crippen molar-refractivity contribution in [2.45, 2.75) is 4.90 Å². The van der Waals surface area contributed by atoms with Gasteiger partial charge in [-0.25, -0.2) is 13.4 Å². The number of halogens is 1. The number of hydrogen-bond acceptors (Lipinski definition) is 3. The molecule has 0 saturated carbocycles. The van der Waals surface area contributed by atoms with E-state index in [4.69, 9.17) is 0 Å². The van der Waals surface area contributed by atoms with Crippen LogP contribution in [0, 0.1) is 5.82 Å². The zero-order valence-corrected chi connectivity index (χ0v) is 12.5. The predicted octanol–water partition coefficient (Wildman–Crippen LogP) is 2.96. The first kappa shape index (κ1) is 15.1. The molecule has 0 spiro atoms. The molecule has 1 atom stereocenters. The molecular weight excluding hydrogens is 319 g/mol. The van der Waals surface area contributed by atoms with Crippen molar-refractivity contribution in [1.29, 1.82) is 0 Å². The fourth-order valence-corrected chi connectivity index (χ4v) is 3.24. The summed E-state index contributed by atoms with van der Waals surface area (Å²) in [6.45, 7) is 0. The second-order valence-electron chi connectivity index (χ2n) is 4.66. The van der Waals surface area contributed by atoms with Gasteiger partial charge in [0.2, 0.25) is 0 Å². The Morgan fingerprint density at radius 2 is 2.00 bits per heavy atom. The summed E-state index contributed by atoms with van der Waals surface area (Å²) in [7, 11) is -1.74. The SMILES string of the molecule is O=C(O)c1cc(-c2ccccc2F)n(S(=O)c2cccnc2)c1. The van der Waals surface area contributed by atoms with E-state index in [1.807, 2.05) is 0 Å². The van der Waals surface area contributed by atoms with Crippen molar-refractivity contribution in [2.75, 3.05) is 0 Å². The minimum absolute atomic E-state index is 0.0690. The number of carboxylic acid groups (broad SMARTS) is 1. The molecule has 3 rings (SSSR count). The number of aromatic nitrogens is 2. The maximum Gasteiger partial charge on any atom is 0.337 e. The zero-order chi connectivity index (χ0) is 16.4. The number of carbonyl (C=O) groups is 1. The lowest BCUT2D eigenvalue weighted by molar-refractivity contribution is 0.0697. The van der Waals surface area contributed by atoms with Gasteiger partial charge >= 0.3 is 5.97 Å². The molecular formula is C16H11FN2O3S. The van der Waals surface area contributed by atoms with Crippen LogP contribution in [0.3, 0.4) is 0 Å². The number of aromatic carboxylic acids is 1. The smallest absolute Gasteiger partial charge is 0.337 e. The maximum atomic E-state index is 14.1. The van der Waals surface area contributed by atoms with E-state index in [0.717, 1.165) is 0 Å². The third kappa shape index (κ3) is 2.91. The van der Waals surface area contributed by atoms with Crippen LogP contribution >= 0.6 is 0 Å². The Morgan fingerprint density at radius 3 is 2.65 bits per heavy atom. The van der Waals surface area contributed by atoms with E-state index in [-0.39, 0.29) is 16.8 Å². The number of hydrogen-bond donors (Lipinski definition) is 1. The second-order valence-corrected chi connectivity index (χ2v) is 6.03. The van der Waals surface area contributed by atoms with Crippen LogP contribution in [0.5, 0.6) is 0 Å². The summed E-state index contributed by atoms with van der Waals surface area (Å²) in [5, 5.41) is 9.17. The first-order valence-electron chi connectivity index (χ1n) is 6.61. The van der Waals surface area contributed by atoms with Gasteiger partial charge in [-0.3, -0.25) is 8.96 Å². The number of benzene rings is 1. The predicted molar refractivity (Wildman–Crippen MR) is 82.8 cm³/mol. The van der Waals surface area contributed by atoms with Crippen molar-refractivity contribution < 1.29 is 18.5 Å². The van der Waals surface area contributed by atoms with Crippen LogP contribution in [-0.2, 0) is 11.0 Å². The first-order chi connectivity index (χ1) is 11.1. The Kier molecular flexibility index (Phi) is 4.03. The molecule has 0 aliphatic rings. The molecule has 116 valence electrons. The highest BCUT2D eigenvalue weighted by molar-refractivity contribution is 7.83. The molecule has 0 bridgehead atoms. The summed E-state index contributed by atoms with van der Waals surface area (Å²) in [6, 6.07) is 10.5. The summed E-state index contributed by atoms with van der Waals surface area (Å²) in [5.41, 5.74) is 0.334. The lowest BCUT2D eigenvalue weighted by Crippen LogP contribution is -2.06. The first-order valence-corrected chi connectivity index (χ1v) is 7.71. The molecule has 0 amide bonds. The van der Waals surface area contributed by atoms with Gasteiger partial charge in [-0.15, -0.1) is 0 Å². The van der Waals surface area contributed by atoms with Crippen molar-refractivity contribution in [3.05, 3.63) is 72.4 Å². The summed E-state index contributed by atoms with van der Waals surface area (Å²) < 4.78 is 28.0. The summed E-state index contributed by atoms with van der Waals surface area (Å²) >= 11 is 0. The number of carboxylic acids is 1. The lowest BCUT2D eigenvalue weighted by atomic mass is 10.1. The number of nitrogens with zero attached hydrogens (tertiary/aromatic N) is 2. The fraction of sp³-hybridized carbons (Fsp3) is 0. The van der Waals surface area contributed by atoms with Gasteiger partial charge in [-0.1, -0.05) is 12.1 Å². The van der Waals surface area contributed by atoms with Gasteiger partial charge in [0.1, 0.15) is 5.82 Å². The summed E-state index contributed by atoms with van der Waals surface area (Å²) in [6.07, 6.45) is 4.19. The average molecular weight is 330 g/mol. The van der Waals surface area contributed by atoms with Crippen molar-refractivity contribution >= 4 is 17.0 Å². The molecule has 1 unspecified atom stereocenters. The Bertz CT molecular complexity index is 893. The standard InChI is InChI=1S/C16H11FN2O3S/c17-14-6-2-1-5-13(14)15-8-11(16(20)21)10-19(15)23(22)12-4-3-7-18-9-12/h1-10H,(H,20,21). The normalized spacial score (nSPS) is 12.0. The molecule has 0 aliphatic heterocycles. The molecule has 5 nitrogen and oxygen atoms in total. The van der Waals surface area contributed by atoms with E-state index in [1.54, 1.807) is 18.2 Å². The van der Waals surface area contributed by atoms with Crippen molar-refractivity contribution in [2.24, 2.45) is 0 Å². The van der Waals surface area contributed by atoms with Crippen LogP contribution in [0.25, 0.3) is 11.3 Å². The van der Waals surface area contributed by atoms with Gasteiger partial charge in [-0.2, -0.15) is 0 Å². The Balaban J connectivity index is 2.18. The molecule has 1 aromatic carbocycles. The van der Waals surface area contributed by atoms with E-state index in [2.05, 4.69) is 4.98 Å². The highest BCUT2D eigenvalue weighted by Gasteiger charge is 2.19. The zero-order valence-electron chi connectivity index (χ0n) is 11.7. The van der Waals surface area contributed by atoms with E-state index < -0.39 is 22.8 Å². The highest BCUT2D eigenvalue weighted by atomic mass is 32.2. The number of rotatable bonds is 4. The Labute approximate surface area is 133 Å². The monoisotopic (exact) mass is 330 g/mol. The fourth-order valence-electron chi connectivity index (χ4n) is 2.13. The number of pyridine rings is 1. The molecule has 0 radical (unpaired) electrons. The molecule has 1 N–H and O–H groups in total. The van der Waals surface area contributed by atoms with Gasteiger partial charge in [0.15, 0.2) is 11.0 Å². The van der Waals surface area contributed by atoms with Crippen LogP contribution in [-0.4, -0.2) is 24.2 Å². The van der Waals surface area contributed by atoms with Gasteiger partial charge in [0.25, 0.3) is 0 Å². The molecule has 3 aromatic rings. The van der Waals surface area contributed by atoms with E-state index in [9.17, 15) is 18.5 Å². The lowest BCUT2D eigenvalue weighted by Gasteiger charge is -2.09. The van der Waals surface area contributed by atoms with Gasteiger partial charge in [0.05, 0.1) is 16.2 Å². The third-order valence-corrected chi connectivity index (χ3v) is 4.50. The van der Waals surface area contributed by atoms with E-state index in [1.165, 1.54) is 46.8 Å². The van der Waals surface area contributed by atoms with Crippen molar-refractivity contribution in [3.8, 4) is 11.3 Å².